The van der Waals surface area contributed by atoms with Crippen LogP contribution in [0, 0.1) is 0 Å². The van der Waals surface area contributed by atoms with Crippen LogP contribution in [0.5, 0.6) is 17.2 Å². The van der Waals surface area contributed by atoms with Gasteiger partial charge in [-0.2, -0.15) is 5.10 Å². The predicted octanol–water partition coefficient (Wildman–Crippen LogP) is 2.84. The molecule has 1 saturated heterocycles. The molecule has 1 N–H and O–H groups in total. The van der Waals surface area contributed by atoms with E-state index in [1.165, 1.54) is 11.8 Å². The molecule has 27 heavy (non-hydrogen) atoms. The van der Waals surface area contributed by atoms with E-state index in [-0.39, 0.29) is 5.91 Å². The van der Waals surface area contributed by atoms with E-state index in [1.54, 1.807) is 20.4 Å². The number of hydrogen-bond acceptors (Lipinski definition) is 7. The summed E-state index contributed by atoms with van der Waals surface area (Å²) in [5.74, 6) is 2.48. The van der Waals surface area contributed by atoms with Crippen molar-refractivity contribution in [2.75, 3.05) is 20.0 Å². The van der Waals surface area contributed by atoms with Gasteiger partial charge in [-0.15, -0.1) is 5.10 Å². The van der Waals surface area contributed by atoms with Gasteiger partial charge < -0.3 is 19.5 Å². The van der Waals surface area contributed by atoms with Crippen LogP contribution in [-0.4, -0.2) is 37.3 Å². The molecule has 0 radical (unpaired) electrons. The first-order valence-corrected chi connectivity index (χ1v) is 9.14. The number of nitrogens with one attached hydrogen (secondary N) is 1. The number of amides is 1. The highest BCUT2D eigenvalue weighted by atomic mass is 32.2. The minimum atomic E-state index is -0.0598. The van der Waals surface area contributed by atoms with Crippen LogP contribution in [0.4, 0.5) is 0 Å². The molecule has 1 aliphatic rings. The normalized spacial score (nSPS) is 15.2. The van der Waals surface area contributed by atoms with Gasteiger partial charge in [-0.05, 0) is 35.9 Å². The van der Waals surface area contributed by atoms with Crippen LogP contribution < -0.4 is 19.5 Å². The number of carbonyl (C=O) groups is 1. The van der Waals surface area contributed by atoms with Crippen molar-refractivity contribution in [1.82, 2.24) is 5.32 Å². The summed E-state index contributed by atoms with van der Waals surface area (Å²) >= 11 is 1.33. The lowest BCUT2D eigenvalue weighted by atomic mass is 10.1. The van der Waals surface area contributed by atoms with E-state index >= 15 is 0 Å². The van der Waals surface area contributed by atoms with Crippen LogP contribution >= 0.6 is 11.8 Å². The summed E-state index contributed by atoms with van der Waals surface area (Å²) in [6.07, 6.45) is 1.62. The standard InChI is InChI=1S/C19H19N3O4S/c1-24-15-4-3-5-16(9-15)26-11-14-8-13(6-7-17(14)25-2)10-20-22-19-21-18(23)12-27-19/h3-10H,11-12H2,1-2H3,(H,21,22,23). The van der Waals surface area contributed by atoms with Crippen molar-refractivity contribution in [3.63, 3.8) is 0 Å². The molecule has 140 valence electrons. The number of nitrogens with zero attached hydrogens (tertiary/aromatic N) is 2. The third-order valence-corrected chi connectivity index (χ3v) is 4.55. The molecular formula is C19H19N3O4S. The third-order valence-electron chi connectivity index (χ3n) is 3.68. The fourth-order valence-electron chi connectivity index (χ4n) is 2.37. The van der Waals surface area contributed by atoms with Crippen molar-refractivity contribution in [2.24, 2.45) is 10.2 Å². The number of thioether (sulfide) groups is 1. The molecule has 0 unspecified atom stereocenters. The summed E-state index contributed by atoms with van der Waals surface area (Å²) in [4.78, 5) is 11.1. The topological polar surface area (TPSA) is 81.5 Å². The quantitative estimate of drug-likeness (QED) is 0.585. The molecule has 1 fully saturated rings. The van der Waals surface area contributed by atoms with Gasteiger partial charge in [-0.3, -0.25) is 4.79 Å². The molecule has 0 aromatic heterocycles. The number of ether oxygens (including phenoxy) is 3. The van der Waals surface area contributed by atoms with Gasteiger partial charge >= 0.3 is 0 Å². The van der Waals surface area contributed by atoms with Crippen molar-refractivity contribution < 1.29 is 19.0 Å². The number of rotatable bonds is 7. The SMILES string of the molecule is COc1cccc(OCc2cc(C=NN=C3NC(=O)CS3)ccc2OC)c1. The van der Waals surface area contributed by atoms with E-state index < -0.39 is 0 Å². The van der Waals surface area contributed by atoms with Crippen LogP contribution in [0.25, 0.3) is 0 Å². The van der Waals surface area contributed by atoms with Crippen LogP contribution in [0.1, 0.15) is 11.1 Å². The van der Waals surface area contributed by atoms with Crippen LogP contribution in [0.15, 0.2) is 52.7 Å². The highest BCUT2D eigenvalue weighted by Gasteiger charge is 2.15. The Morgan fingerprint density at radius 2 is 2.00 bits per heavy atom. The fourth-order valence-corrected chi connectivity index (χ4v) is 3.00. The number of benzene rings is 2. The van der Waals surface area contributed by atoms with E-state index in [4.69, 9.17) is 14.2 Å². The Hall–Kier alpha value is -3.00. The molecule has 2 aromatic carbocycles. The summed E-state index contributed by atoms with van der Waals surface area (Å²) in [7, 11) is 3.23. The average Bonchev–Trinajstić information content (AvgIpc) is 3.11. The van der Waals surface area contributed by atoms with Gasteiger partial charge in [0.2, 0.25) is 5.91 Å². The van der Waals surface area contributed by atoms with Gasteiger partial charge in [0.25, 0.3) is 0 Å². The average molecular weight is 385 g/mol. The lowest BCUT2D eigenvalue weighted by Gasteiger charge is -2.11. The van der Waals surface area contributed by atoms with Gasteiger partial charge in [0.05, 0.1) is 26.2 Å². The van der Waals surface area contributed by atoms with Crippen LogP contribution in [-0.2, 0) is 11.4 Å². The van der Waals surface area contributed by atoms with Crippen LogP contribution in [0.2, 0.25) is 0 Å². The highest BCUT2D eigenvalue weighted by molar-refractivity contribution is 8.15. The monoisotopic (exact) mass is 385 g/mol. The smallest absolute Gasteiger partial charge is 0.236 e. The van der Waals surface area contributed by atoms with Crippen molar-refractivity contribution in [2.45, 2.75) is 6.61 Å². The largest absolute Gasteiger partial charge is 0.497 e. The molecule has 0 spiro atoms. The minimum Gasteiger partial charge on any atom is -0.497 e. The molecule has 1 amide bonds. The van der Waals surface area contributed by atoms with Crippen molar-refractivity contribution in [3.8, 4) is 17.2 Å². The zero-order valence-electron chi connectivity index (χ0n) is 15.0. The molecule has 0 atom stereocenters. The maximum Gasteiger partial charge on any atom is 0.236 e. The van der Waals surface area contributed by atoms with E-state index in [9.17, 15) is 4.79 Å². The van der Waals surface area contributed by atoms with E-state index in [1.807, 2.05) is 42.5 Å². The lowest BCUT2D eigenvalue weighted by molar-refractivity contribution is -0.116. The molecule has 0 saturated carbocycles. The first-order valence-electron chi connectivity index (χ1n) is 8.15. The first-order chi connectivity index (χ1) is 13.2. The maximum absolute atomic E-state index is 11.1. The molecule has 0 bridgehead atoms. The lowest BCUT2D eigenvalue weighted by Crippen LogP contribution is -2.19. The Balaban J connectivity index is 1.70. The van der Waals surface area contributed by atoms with Gasteiger partial charge in [0.15, 0.2) is 5.17 Å². The highest BCUT2D eigenvalue weighted by Crippen LogP contribution is 2.24. The molecular weight excluding hydrogens is 366 g/mol. The molecule has 0 aliphatic carbocycles. The summed E-state index contributed by atoms with van der Waals surface area (Å²) in [6, 6.07) is 13.1. The van der Waals surface area contributed by atoms with Gasteiger partial charge in [0.1, 0.15) is 23.9 Å². The van der Waals surface area contributed by atoms with Gasteiger partial charge in [-0.25, -0.2) is 0 Å². The van der Waals surface area contributed by atoms with Crippen molar-refractivity contribution in [3.05, 3.63) is 53.6 Å². The molecule has 2 aromatic rings. The zero-order chi connectivity index (χ0) is 19.1. The fraction of sp³-hybridized carbons (Fsp3) is 0.211. The first kappa shape index (κ1) is 18.8. The molecule has 1 aliphatic heterocycles. The predicted molar refractivity (Wildman–Crippen MR) is 106 cm³/mol. The molecule has 8 heteroatoms. The van der Waals surface area contributed by atoms with E-state index in [0.29, 0.717) is 23.3 Å². The second kappa shape index (κ2) is 9.09. The Morgan fingerprint density at radius 1 is 1.15 bits per heavy atom. The van der Waals surface area contributed by atoms with Gasteiger partial charge in [0, 0.05) is 11.6 Å². The Kier molecular flexibility index (Phi) is 6.32. The van der Waals surface area contributed by atoms with E-state index in [0.717, 1.165) is 22.6 Å². The zero-order valence-corrected chi connectivity index (χ0v) is 15.8. The maximum atomic E-state index is 11.1. The summed E-state index contributed by atoms with van der Waals surface area (Å²) < 4.78 is 16.5. The Bertz CT molecular complexity index is 883. The van der Waals surface area contributed by atoms with Gasteiger partial charge in [-0.1, -0.05) is 17.8 Å². The molecule has 3 rings (SSSR count). The summed E-state index contributed by atoms with van der Waals surface area (Å²) in [5.41, 5.74) is 1.72. The number of carbonyl (C=O) groups excluding carboxylic acids is 1. The summed E-state index contributed by atoms with van der Waals surface area (Å²) in [5, 5.41) is 11.2. The van der Waals surface area contributed by atoms with Crippen molar-refractivity contribution >= 4 is 29.1 Å². The van der Waals surface area contributed by atoms with E-state index in [2.05, 4.69) is 15.5 Å². The minimum absolute atomic E-state index is 0.0598. The second-order valence-electron chi connectivity index (χ2n) is 5.53. The summed E-state index contributed by atoms with van der Waals surface area (Å²) in [6.45, 7) is 0.332. The Morgan fingerprint density at radius 3 is 2.74 bits per heavy atom. The van der Waals surface area contributed by atoms with Crippen LogP contribution in [0.3, 0.4) is 0 Å². The molecule has 1 heterocycles. The third kappa shape index (κ3) is 5.24. The Labute approximate surface area is 161 Å². The number of methoxy groups -OCH3 is 2. The second-order valence-corrected chi connectivity index (χ2v) is 6.49. The number of hydrogen-bond donors (Lipinski definition) is 1. The molecule has 7 nitrogen and oxygen atoms in total. The van der Waals surface area contributed by atoms with Crippen molar-refractivity contribution in [1.29, 1.82) is 0 Å². The number of amidine groups is 1.